The average molecular weight is 293 g/mol. The molecule has 0 N–H and O–H groups in total. The molecule has 1 heterocycles. The topological polar surface area (TPSA) is 3.24 Å². The molecule has 1 nitrogen and oxygen atoms in total. The van der Waals surface area contributed by atoms with E-state index in [-0.39, 0.29) is 5.82 Å². The molecule has 1 aromatic carbocycles. The van der Waals surface area contributed by atoms with E-state index in [0.717, 1.165) is 25.2 Å². The van der Waals surface area contributed by atoms with Crippen LogP contribution in [0.4, 0.5) is 4.39 Å². The summed E-state index contributed by atoms with van der Waals surface area (Å²) in [6.45, 7) is 2.92. The fraction of sp³-hybridized carbons (Fsp3) is 0.455. The van der Waals surface area contributed by atoms with Crippen LogP contribution in [0, 0.1) is 5.82 Å². The second kappa shape index (κ2) is 4.81. The van der Waals surface area contributed by atoms with Crippen molar-refractivity contribution in [3.05, 3.63) is 34.6 Å². The van der Waals surface area contributed by atoms with Gasteiger partial charge in [-0.25, -0.2) is 4.39 Å². The lowest BCUT2D eigenvalue weighted by Gasteiger charge is -2.15. The third-order valence-electron chi connectivity index (χ3n) is 2.62. The summed E-state index contributed by atoms with van der Waals surface area (Å²) < 4.78 is 12.8. The maximum atomic E-state index is 12.8. The first-order valence-corrected chi connectivity index (χ1v) is 6.25. The maximum absolute atomic E-state index is 12.8. The second-order valence-corrected chi connectivity index (χ2v) is 5.56. The van der Waals surface area contributed by atoms with Crippen molar-refractivity contribution >= 4 is 27.5 Å². The molecule has 0 amide bonds. The van der Waals surface area contributed by atoms with Crippen LogP contribution in [-0.4, -0.2) is 22.8 Å². The highest BCUT2D eigenvalue weighted by Crippen LogP contribution is 2.23. The molecule has 0 aliphatic carbocycles. The molecule has 0 spiro atoms. The van der Waals surface area contributed by atoms with Crippen LogP contribution < -0.4 is 0 Å². The molecule has 0 bridgehead atoms. The molecule has 0 radical (unpaired) electrons. The van der Waals surface area contributed by atoms with E-state index in [9.17, 15) is 4.39 Å². The van der Waals surface area contributed by atoms with Crippen LogP contribution in [0.5, 0.6) is 0 Å². The Hall–Kier alpha value is -0.120. The van der Waals surface area contributed by atoms with Crippen molar-refractivity contribution in [2.45, 2.75) is 17.8 Å². The SMILES string of the molecule is Fc1ccc(CN2CCC(Br)C2)c(Cl)c1. The molecular formula is C11H12BrClFN. The number of nitrogens with zero attached hydrogens (tertiary/aromatic N) is 1. The Kier molecular flexibility index (Phi) is 3.65. The van der Waals surface area contributed by atoms with Crippen molar-refractivity contribution in [2.75, 3.05) is 13.1 Å². The first-order valence-electron chi connectivity index (χ1n) is 4.95. The predicted molar refractivity (Wildman–Crippen MR) is 64.0 cm³/mol. The summed E-state index contributed by atoms with van der Waals surface area (Å²) in [6, 6.07) is 4.60. The molecule has 1 saturated heterocycles. The highest BCUT2D eigenvalue weighted by molar-refractivity contribution is 9.09. The third-order valence-corrected chi connectivity index (χ3v) is 3.72. The highest BCUT2D eigenvalue weighted by atomic mass is 79.9. The standard InChI is InChI=1S/C11H12BrClFN/c12-9-3-4-15(7-9)6-8-1-2-10(14)5-11(8)13/h1-2,5,9H,3-4,6-7H2. The van der Waals surface area contributed by atoms with Gasteiger partial charge in [0.1, 0.15) is 5.82 Å². The second-order valence-electron chi connectivity index (χ2n) is 3.86. The summed E-state index contributed by atoms with van der Waals surface area (Å²) in [6.07, 6.45) is 1.17. The normalized spacial score (nSPS) is 22.2. The third kappa shape index (κ3) is 2.92. The van der Waals surface area contributed by atoms with E-state index in [2.05, 4.69) is 20.8 Å². The summed E-state index contributed by atoms with van der Waals surface area (Å²) in [7, 11) is 0. The number of hydrogen-bond acceptors (Lipinski definition) is 1. The van der Waals surface area contributed by atoms with Crippen LogP contribution in [0.1, 0.15) is 12.0 Å². The zero-order valence-electron chi connectivity index (χ0n) is 8.22. The summed E-state index contributed by atoms with van der Waals surface area (Å²) in [4.78, 5) is 2.90. The molecule has 0 aromatic heterocycles. The summed E-state index contributed by atoms with van der Waals surface area (Å²) in [5, 5.41) is 0.521. The molecule has 1 aliphatic rings. The van der Waals surface area contributed by atoms with Gasteiger partial charge in [0.05, 0.1) is 0 Å². The van der Waals surface area contributed by atoms with Crippen molar-refractivity contribution in [2.24, 2.45) is 0 Å². The molecule has 1 unspecified atom stereocenters. The summed E-state index contributed by atoms with van der Waals surface area (Å²) in [5.41, 5.74) is 1.000. The number of alkyl halides is 1. The zero-order chi connectivity index (χ0) is 10.8. The van der Waals surface area contributed by atoms with E-state index in [1.165, 1.54) is 18.6 Å². The van der Waals surface area contributed by atoms with Gasteiger partial charge in [-0.1, -0.05) is 33.6 Å². The Balaban J connectivity index is 2.04. The van der Waals surface area contributed by atoms with Crippen molar-refractivity contribution in [3.8, 4) is 0 Å². The Morgan fingerprint density at radius 3 is 2.93 bits per heavy atom. The number of benzene rings is 1. The van der Waals surface area contributed by atoms with Crippen LogP contribution in [-0.2, 0) is 6.54 Å². The zero-order valence-corrected chi connectivity index (χ0v) is 10.6. The Bertz CT molecular complexity index is 358. The van der Waals surface area contributed by atoms with Gasteiger partial charge < -0.3 is 0 Å². The molecule has 2 rings (SSSR count). The molecule has 1 atom stereocenters. The minimum absolute atomic E-state index is 0.275. The summed E-state index contributed by atoms with van der Waals surface area (Å²) in [5.74, 6) is -0.275. The van der Waals surface area contributed by atoms with Crippen LogP contribution in [0.2, 0.25) is 5.02 Å². The van der Waals surface area contributed by atoms with Gasteiger partial charge in [0.15, 0.2) is 0 Å². The van der Waals surface area contributed by atoms with Gasteiger partial charge in [0, 0.05) is 22.9 Å². The van der Waals surface area contributed by atoms with Gasteiger partial charge in [0.2, 0.25) is 0 Å². The van der Waals surface area contributed by atoms with Gasteiger partial charge in [0.25, 0.3) is 0 Å². The quantitative estimate of drug-likeness (QED) is 0.755. The number of hydrogen-bond donors (Lipinski definition) is 0. The molecule has 1 fully saturated rings. The average Bonchev–Trinajstić information content (AvgIpc) is 2.56. The van der Waals surface area contributed by atoms with Gasteiger partial charge in [-0.3, -0.25) is 4.90 Å². The van der Waals surface area contributed by atoms with E-state index in [4.69, 9.17) is 11.6 Å². The summed E-state index contributed by atoms with van der Waals surface area (Å²) >= 11 is 9.55. The molecular weight excluding hydrogens is 280 g/mol. The van der Waals surface area contributed by atoms with E-state index < -0.39 is 0 Å². The Labute approximate surface area is 102 Å². The maximum Gasteiger partial charge on any atom is 0.124 e. The molecule has 15 heavy (non-hydrogen) atoms. The molecule has 4 heteroatoms. The molecule has 1 aromatic rings. The van der Waals surface area contributed by atoms with Crippen LogP contribution in [0.3, 0.4) is 0 Å². The number of halogens is 3. The lowest BCUT2D eigenvalue weighted by atomic mass is 10.2. The largest absolute Gasteiger partial charge is 0.298 e. The van der Waals surface area contributed by atoms with Gasteiger partial charge in [-0.15, -0.1) is 0 Å². The first kappa shape index (κ1) is 11.4. The van der Waals surface area contributed by atoms with Crippen molar-refractivity contribution < 1.29 is 4.39 Å². The van der Waals surface area contributed by atoms with E-state index >= 15 is 0 Å². The first-order chi connectivity index (χ1) is 7.15. The Morgan fingerprint density at radius 2 is 2.33 bits per heavy atom. The lowest BCUT2D eigenvalue weighted by molar-refractivity contribution is 0.332. The fourth-order valence-electron chi connectivity index (χ4n) is 1.82. The monoisotopic (exact) mass is 291 g/mol. The predicted octanol–water partition coefficient (Wildman–Crippen LogP) is 3.45. The van der Waals surface area contributed by atoms with Crippen molar-refractivity contribution in [1.82, 2.24) is 4.90 Å². The van der Waals surface area contributed by atoms with E-state index in [0.29, 0.717) is 9.85 Å². The fourth-order valence-corrected chi connectivity index (χ4v) is 2.66. The van der Waals surface area contributed by atoms with Crippen molar-refractivity contribution in [1.29, 1.82) is 0 Å². The van der Waals surface area contributed by atoms with E-state index in [1.807, 2.05) is 0 Å². The Morgan fingerprint density at radius 1 is 1.53 bits per heavy atom. The molecule has 0 saturated carbocycles. The van der Waals surface area contributed by atoms with Gasteiger partial charge in [-0.2, -0.15) is 0 Å². The number of rotatable bonds is 2. The molecule has 82 valence electrons. The number of likely N-dealkylation sites (tertiary alicyclic amines) is 1. The highest BCUT2D eigenvalue weighted by Gasteiger charge is 2.20. The smallest absolute Gasteiger partial charge is 0.124 e. The van der Waals surface area contributed by atoms with Crippen LogP contribution >= 0.6 is 27.5 Å². The van der Waals surface area contributed by atoms with E-state index in [1.54, 1.807) is 6.07 Å². The lowest BCUT2D eigenvalue weighted by Crippen LogP contribution is -2.20. The van der Waals surface area contributed by atoms with Crippen LogP contribution in [0.25, 0.3) is 0 Å². The minimum Gasteiger partial charge on any atom is -0.298 e. The minimum atomic E-state index is -0.275. The van der Waals surface area contributed by atoms with Crippen molar-refractivity contribution in [3.63, 3.8) is 0 Å². The van der Waals surface area contributed by atoms with Crippen LogP contribution in [0.15, 0.2) is 18.2 Å². The van der Waals surface area contributed by atoms with Gasteiger partial charge >= 0.3 is 0 Å². The van der Waals surface area contributed by atoms with Gasteiger partial charge in [-0.05, 0) is 30.7 Å². The molecule has 1 aliphatic heterocycles.